The molecular weight excluding hydrogens is 442 g/mol. The van der Waals surface area contributed by atoms with Gasteiger partial charge in [0.25, 0.3) is 5.89 Å². The summed E-state index contributed by atoms with van der Waals surface area (Å²) in [4.78, 5) is 15.6. The number of rotatable bonds is 5. The molecule has 4 aromatic rings. The van der Waals surface area contributed by atoms with Gasteiger partial charge in [-0.2, -0.15) is 5.26 Å². The molecule has 3 N–H and O–H groups in total. The molecule has 0 amide bonds. The molecule has 1 fully saturated rings. The second-order valence-corrected chi connectivity index (χ2v) is 8.85. The fraction of sp³-hybridized carbons (Fsp3) is 0.280. The van der Waals surface area contributed by atoms with Crippen molar-refractivity contribution in [3.05, 3.63) is 54.5 Å². The molecule has 1 aliphatic rings. The lowest BCUT2D eigenvalue weighted by atomic mass is 9.90. The van der Waals surface area contributed by atoms with Gasteiger partial charge in [0.15, 0.2) is 11.5 Å². The van der Waals surface area contributed by atoms with E-state index in [0.717, 1.165) is 43.0 Å². The van der Waals surface area contributed by atoms with Gasteiger partial charge >= 0.3 is 0 Å². The van der Waals surface area contributed by atoms with Crippen LogP contribution in [0.15, 0.2) is 53.2 Å². The Balaban J connectivity index is 1.42. The Labute approximate surface area is 202 Å². The number of anilines is 2. The maximum atomic E-state index is 9.45. The minimum absolute atomic E-state index is 0.185. The Hall–Kier alpha value is -4.36. The Kier molecular flexibility index (Phi) is 5.84. The first-order chi connectivity index (χ1) is 16.9. The number of hydrogen-bond donors (Lipinski definition) is 2. The average molecular weight is 468 g/mol. The van der Waals surface area contributed by atoms with Crippen LogP contribution in [0.1, 0.15) is 19.5 Å². The van der Waals surface area contributed by atoms with E-state index < -0.39 is 5.41 Å². The van der Waals surface area contributed by atoms with Gasteiger partial charge in [0.05, 0.1) is 29.1 Å². The van der Waals surface area contributed by atoms with Crippen LogP contribution < -0.4 is 16.0 Å². The van der Waals surface area contributed by atoms with Crippen molar-refractivity contribution in [2.24, 2.45) is 0 Å². The van der Waals surface area contributed by atoms with Gasteiger partial charge in [-0.05, 0) is 50.2 Å². The number of aromatic nitrogens is 5. The minimum Gasteiger partial charge on any atom is -0.414 e. The Morgan fingerprint density at radius 1 is 1.03 bits per heavy atom. The van der Waals surface area contributed by atoms with Crippen molar-refractivity contribution >= 4 is 11.5 Å². The monoisotopic (exact) mass is 467 g/mol. The van der Waals surface area contributed by atoms with Crippen LogP contribution in [0.2, 0.25) is 0 Å². The molecule has 10 heteroatoms. The van der Waals surface area contributed by atoms with E-state index in [-0.39, 0.29) is 11.7 Å². The van der Waals surface area contributed by atoms with Crippen LogP contribution >= 0.6 is 0 Å². The number of hydrogen-bond acceptors (Lipinski definition) is 10. The molecule has 3 aromatic heterocycles. The second-order valence-electron chi connectivity index (χ2n) is 8.85. The first kappa shape index (κ1) is 22.4. The van der Waals surface area contributed by atoms with E-state index in [9.17, 15) is 5.26 Å². The minimum atomic E-state index is -0.734. The SMILES string of the molecule is CC(C)(C#N)c1cc(-c2cnc(N)c(-c3nnc(-c4ccc(N5CCNCC5)cc4)o3)n2)ccn1. The number of nitrogens with zero attached hydrogens (tertiary/aromatic N) is 7. The van der Waals surface area contributed by atoms with Gasteiger partial charge in [-0.15, -0.1) is 10.2 Å². The number of nitriles is 1. The van der Waals surface area contributed by atoms with Gasteiger partial charge in [-0.1, -0.05) is 0 Å². The van der Waals surface area contributed by atoms with Crippen LogP contribution in [0.4, 0.5) is 11.5 Å². The van der Waals surface area contributed by atoms with E-state index in [1.807, 2.05) is 32.0 Å². The van der Waals surface area contributed by atoms with Gasteiger partial charge in [0.2, 0.25) is 5.89 Å². The van der Waals surface area contributed by atoms with Crippen molar-refractivity contribution in [3.8, 4) is 40.4 Å². The summed E-state index contributed by atoms with van der Waals surface area (Å²) in [5, 5.41) is 21.2. The van der Waals surface area contributed by atoms with Crippen molar-refractivity contribution in [1.29, 1.82) is 5.26 Å². The summed E-state index contributed by atoms with van der Waals surface area (Å²) < 4.78 is 5.92. The highest BCUT2D eigenvalue weighted by Gasteiger charge is 2.23. The molecule has 0 aliphatic carbocycles. The summed E-state index contributed by atoms with van der Waals surface area (Å²) in [6.45, 7) is 7.54. The quantitative estimate of drug-likeness (QED) is 0.449. The molecule has 1 aliphatic heterocycles. The van der Waals surface area contributed by atoms with Crippen LogP contribution in [0.25, 0.3) is 34.3 Å². The number of pyridine rings is 1. The van der Waals surface area contributed by atoms with Gasteiger partial charge in [0, 0.05) is 49.2 Å². The number of nitrogens with two attached hydrogens (primary N) is 1. The van der Waals surface area contributed by atoms with Crippen LogP contribution in [-0.4, -0.2) is 51.3 Å². The number of piperazine rings is 1. The maximum Gasteiger partial charge on any atom is 0.270 e. The first-order valence-corrected chi connectivity index (χ1v) is 11.4. The molecule has 0 spiro atoms. The topological polar surface area (TPSA) is 143 Å². The van der Waals surface area contributed by atoms with E-state index >= 15 is 0 Å². The van der Waals surface area contributed by atoms with E-state index in [0.29, 0.717) is 23.0 Å². The highest BCUT2D eigenvalue weighted by molar-refractivity contribution is 5.69. The Morgan fingerprint density at radius 2 is 1.77 bits per heavy atom. The van der Waals surface area contributed by atoms with Gasteiger partial charge in [-0.3, -0.25) is 4.98 Å². The van der Waals surface area contributed by atoms with Gasteiger partial charge < -0.3 is 20.4 Å². The third kappa shape index (κ3) is 4.54. The maximum absolute atomic E-state index is 9.45. The molecule has 4 heterocycles. The van der Waals surface area contributed by atoms with E-state index in [2.05, 4.69) is 53.6 Å². The van der Waals surface area contributed by atoms with Crippen LogP contribution in [0.3, 0.4) is 0 Å². The van der Waals surface area contributed by atoms with E-state index in [1.165, 1.54) is 0 Å². The van der Waals surface area contributed by atoms with E-state index in [1.54, 1.807) is 18.5 Å². The number of nitrogen functional groups attached to an aromatic ring is 1. The largest absolute Gasteiger partial charge is 0.414 e. The van der Waals surface area contributed by atoms with Crippen molar-refractivity contribution in [2.75, 3.05) is 36.8 Å². The van der Waals surface area contributed by atoms with Crippen molar-refractivity contribution in [2.45, 2.75) is 19.3 Å². The summed E-state index contributed by atoms with van der Waals surface area (Å²) in [6, 6.07) is 13.9. The third-order valence-electron chi connectivity index (χ3n) is 6.00. The fourth-order valence-corrected chi connectivity index (χ4v) is 3.86. The summed E-state index contributed by atoms with van der Waals surface area (Å²) in [7, 11) is 0. The molecule has 10 nitrogen and oxygen atoms in total. The number of benzene rings is 1. The zero-order valence-corrected chi connectivity index (χ0v) is 19.6. The molecule has 0 radical (unpaired) electrons. The Bertz CT molecular complexity index is 1380. The lowest BCUT2D eigenvalue weighted by molar-refractivity contribution is 0.581. The van der Waals surface area contributed by atoms with Gasteiger partial charge in [-0.25, -0.2) is 9.97 Å². The smallest absolute Gasteiger partial charge is 0.270 e. The van der Waals surface area contributed by atoms with Crippen LogP contribution in [0.5, 0.6) is 0 Å². The predicted molar refractivity (Wildman–Crippen MR) is 132 cm³/mol. The van der Waals surface area contributed by atoms with Crippen LogP contribution in [-0.2, 0) is 5.41 Å². The molecule has 1 aromatic carbocycles. The summed E-state index contributed by atoms with van der Waals surface area (Å²) in [5.74, 6) is 0.745. The van der Waals surface area contributed by atoms with Crippen LogP contribution in [0, 0.1) is 11.3 Å². The standard InChI is InChI=1S/C25H25N9O/c1-25(2,15-26)20-13-17(7-8-29-20)19-14-30-22(27)21(31-19)24-33-32-23(35-24)16-3-5-18(6-4-16)34-11-9-28-10-12-34/h3-8,13-14,28H,9-12H2,1-2H3,(H2,27,30). The second kappa shape index (κ2) is 9.12. The van der Waals surface area contributed by atoms with Crippen molar-refractivity contribution < 1.29 is 4.42 Å². The molecular formula is C25H25N9O. The average Bonchev–Trinajstić information content (AvgIpc) is 3.40. The normalized spacial score (nSPS) is 14.0. The lowest BCUT2D eigenvalue weighted by Gasteiger charge is -2.29. The molecule has 0 bridgehead atoms. The molecule has 1 saturated heterocycles. The van der Waals surface area contributed by atoms with Crippen molar-refractivity contribution in [3.63, 3.8) is 0 Å². The predicted octanol–water partition coefficient (Wildman–Crippen LogP) is 3.05. The lowest BCUT2D eigenvalue weighted by Crippen LogP contribution is -2.43. The zero-order valence-electron chi connectivity index (χ0n) is 19.6. The molecule has 0 atom stereocenters. The summed E-state index contributed by atoms with van der Waals surface area (Å²) in [6.07, 6.45) is 3.22. The Morgan fingerprint density at radius 3 is 2.51 bits per heavy atom. The summed E-state index contributed by atoms with van der Waals surface area (Å²) >= 11 is 0. The summed E-state index contributed by atoms with van der Waals surface area (Å²) in [5.41, 5.74) is 9.60. The molecule has 176 valence electrons. The number of nitrogens with one attached hydrogen (secondary N) is 1. The highest BCUT2D eigenvalue weighted by atomic mass is 16.4. The third-order valence-corrected chi connectivity index (χ3v) is 6.00. The zero-order chi connectivity index (χ0) is 24.4. The molecule has 5 rings (SSSR count). The van der Waals surface area contributed by atoms with Crippen molar-refractivity contribution in [1.82, 2.24) is 30.5 Å². The fourth-order valence-electron chi connectivity index (χ4n) is 3.86. The first-order valence-electron chi connectivity index (χ1n) is 11.4. The van der Waals surface area contributed by atoms with Gasteiger partial charge in [0.1, 0.15) is 0 Å². The molecule has 0 unspecified atom stereocenters. The molecule has 0 saturated carbocycles. The van der Waals surface area contributed by atoms with E-state index in [4.69, 9.17) is 10.2 Å². The molecule has 35 heavy (non-hydrogen) atoms. The highest BCUT2D eigenvalue weighted by Crippen LogP contribution is 2.30.